The van der Waals surface area contributed by atoms with E-state index in [1.807, 2.05) is 61.5 Å². The molecular formula is C24H19ClN2O2. The number of hydrogen-bond donors (Lipinski definition) is 1. The number of carbonyl (C=O) groups is 2. The number of nitrogens with one attached hydrogen (secondary N) is 1. The van der Waals surface area contributed by atoms with E-state index in [0.29, 0.717) is 27.4 Å². The Labute approximate surface area is 174 Å². The minimum Gasteiger partial charge on any atom is -0.350 e. The van der Waals surface area contributed by atoms with Crippen molar-refractivity contribution in [1.82, 2.24) is 0 Å². The smallest absolute Gasteiger partial charge is 0.282 e. The second-order valence-corrected chi connectivity index (χ2v) is 7.34. The van der Waals surface area contributed by atoms with Crippen molar-refractivity contribution in [1.29, 1.82) is 0 Å². The van der Waals surface area contributed by atoms with Gasteiger partial charge in [0.2, 0.25) is 0 Å². The van der Waals surface area contributed by atoms with Crippen molar-refractivity contribution in [2.75, 3.05) is 10.2 Å². The number of anilines is 2. The summed E-state index contributed by atoms with van der Waals surface area (Å²) in [5.74, 6) is -0.776. The van der Waals surface area contributed by atoms with Gasteiger partial charge in [0.25, 0.3) is 11.8 Å². The van der Waals surface area contributed by atoms with Crippen molar-refractivity contribution in [2.24, 2.45) is 0 Å². The lowest BCUT2D eigenvalue weighted by Crippen LogP contribution is -2.33. The summed E-state index contributed by atoms with van der Waals surface area (Å²) >= 11 is 6.25. The number of rotatable bonds is 4. The second-order valence-electron chi connectivity index (χ2n) is 6.94. The van der Waals surface area contributed by atoms with Gasteiger partial charge in [-0.05, 0) is 49.2 Å². The highest BCUT2D eigenvalue weighted by atomic mass is 35.5. The van der Waals surface area contributed by atoms with Crippen LogP contribution in [-0.2, 0) is 9.59 Å². The van der Waals surface area contributed by atoms with E-state index in [1.54, 1.807) is 25.1 Å². The SMILES string of the molecule is Cc1ccc(C2=C(Nc3ccccc3)C(=O)N(c3cccc(Cl)c3C)C2=O)cc1. The Balaban J connectivity index is 1.85. The molecular weight excluding hydrogens is 384 g/mol. The molecule has 0 aromatic heterocycles. The van der Waals surface area contributed by atoms with E-state index < -0.39 is 5.91 Å². The van der Waals surface area contributed by atoms with Crippen LogP contribution < -0.4 is 10.2 Å². The summed E-state index contributed by atoms with van der Waals surface area (Å²) in [6.45, 7) is 3.77. The third-order valence-electron chi connectivity index (χ3n) is 4.95. The number of aryl methyl sites for hydroxylation is 1. The summed E-state index contributed by atoms with van der Waals surface area (Å²) in [4.78, 5) is 28.0. The summed E-state index contributed by atoms with van der Waals surface area (Å²) in [7, 11) is 0. The predicted octanol–water partition coefficient (Wildman–Crippen LogP) is 5.35. The highest BCUT2D eigenvalue weighted by molar-refractivity contribution is 6.46. The van der Waals surface area contributed by atoms with Gasteiger partial charge < -0.3 is 5.32 Å². The normalized spacial score (nSPS) is 14.0. The average Bonchev–Trinajstić information content (AvgIpc) is 2.96. The summed E-state index contributed by atoms with van der Waals surface area (Å²) < 4.78 is 0. The van der Waals surface area contributed by atoms with Crippen molar-refractivity contribution in [3.63, 3.8) is 0 Å². The monoisotopic (exact) mass is 402 g/mol. The summed E-state index contributed by atoms with van der Waals surface area (Å²) in [6, 6.07) is 22.1. The van der Waals surface area contributed by atoms with Gasteiger partial charge in [0.1, 0.15) is 5.70 Å². The maximum atomic E-state index is 13.4. The molecule has 0 fully saturated rings. The van der Waals surface area contributed by atoms with E-state index in [-0.39, 0.29) is 11.6 Å². The molecule has 2 amide bonds. The number of nitrogens with zero attached hydrogens (tertiary/aromatic N) is 1. The van der Waals surface area contributed by atoms with Crippen molar-refractivity contribution in [2.45, 2.75) is 13.8 Å². The number of carbonyl (C=O) groups excluding carboxylic acids is 2. The number of benzene rings is 3. The van der Waals surface area contributed by atoms with Gasteiger partial charge in [-0.15, -0.1) is 0 Å². The van der Waals surface area contributed by atoms with Gasteiger partial charge in [0.05, 0.1) is 11.3 Å². The second kappa shape index (κ2) is 7.57. The van der Waals surface area contributed by atoms with Crippen LogP contribution in [0.2, 0.25) is 5.02 Å². The van der Waals surface area contributed by atoms with Crippen molar-refractivity contribution in [3.8, 4) is 0 Å². The van der Waals surface area contributed by atoms with Crippen LogP contribution in [0.4, 0.5) is 11.4 Å². The summed E-state index contributed by atoms with van der Waals surface area (Å²) in [5, 5.41) is 3.66. The molecule has 1 heterocycles. The largest absolute Gasteiger partial charge is 0.350 e. The third-order valence-corrected chi connectivity index (χ3v) is 5.36. The highest BCUT2D eigenvalue weighted by Crippen LogP contribution is 2.36. The average molecular weight is 403 g/mol. The first-order valence-corrected chi connectivity index (χ1v) is 9.62. The number of hydrogen-bond acceptors (Lipinski definition) is 3. The molecule has 4 nitrogen and oxygen atoms in total. The Morgan fingerprint density at radius 2 is 1.48 bits per heavy atom. The first-order chi connectivity index (χ1) is 14.0. The molecule has 1 N–H and O–H groups in total. The standard InChI is InChI=1S/C24H19ClN2O2/c1-15-11-13-17(14-12-15)21-22(26-18-7-4-3-5-8-18)24(29)27(23(21)28)20-10-6-9-19(25)16(20)2/h3-14,26H,1-2H3. The van der Waals surface area contributed by atoms with E-state index >= 15 is 0 Å². The molecule has 5 heteroatoms. The molecule has 29 heavy (non-hydrogen) atoms. The molecule has 0 saturated heterocycles. The zero-order valence-electron chi connectivity index (χ0n) is 16.1. The molecule has 1 aliphatic heterocycles. The lowest BCUT2D eigenvalue weighted by molar-refractivity contribution is -0.120. The van der Waals surface area contributed by atoms with Crippen LogP contribution in [0.1, 0.15) is 16.7 Å². The fraction of sp³-hybridized carbons (Fsp3) is 0.0833. The van der Waals surface area contributed by atoms with Crippen LogP contribution in [0.25, 0.3) is 5.57 Å². The Bertz CT molecular complexity index is 1140. The molecule has 0 radical (unpaired) electrons. The van der Waals surface area contributed by atoms with Crippen LogP contribution >= 0.6 is 11.6 Å². The molecule has 0 atom stereocenters. The minimum absolute atomic E-state index is 0.254. The maximum absolute atomic E-state index is 13.4. The van der Waals surface area contributed by atoms with Crippen molar-refractivity contribution in [3.05, 3.63) is 100 Å². The van der Waals surface area contributed by atoms with Gasteiger partial charge in [0, 0.05) is 10.7 Å². The number of amides is 2. The van der Waals surface area contributed by atoms with Crippen LogP contribution in [0, 0.1) is 13.8 Å². The quantitative estimate of drug-likeness (QED) is 0.598. The Morgan fingerprint density at radius 1 is 0.793 bits per heavy atom. The molecule has 3 aromatic rings. The Morgan fingerprint density at radius 3 is 2.17 bits per heavy atom. The van der Waals surface area contributed by atoms with E-state index in [4.69, 9.17) is 11.6 Å². The molecule has 0 unspecified atom stereocenters. The predicted molar refractivity (Wildman–Crippen MR) is 117 cm³/mol. The minimum atomic E-state index is -0.403. The van der Waals surface area contributed by atoms with E-state index in [0.717, 1.165) is 11.3 Å². The van der Waals surface area contributed by atoms with E-state index in [1.165, 1.54) is 4.90 Å². The fourth-order valence-electron chi connectivity index (χ4n) is 3.36. The molecule has 4 rings (SSSR count). The highest BCUT2D eigenvalue weighted by Gasteiger charge is 2.40. The van der Waals surface area contributed by atoms with E-state index in [9.17, 15) is 9.59 Å². The molecule has 144 valence electrons. The molecule has 0 spiro atoms. The van der Waals surface area contributed by atoms with Crippen LogP contribution in [0.15, 0.2) is 78.5 Å². The van der Waals surface area contributed by atoms with Gasteiger partial charge in [0.15, 0.2) is 0 Å². The number of imide groups is 1. The first-order valence-electron chi connectivity index (χ1n) is 9.24. The molecule has 3 aromatic carbocycles. The maximum Gasteiger partial charge on any atom is 0.282 e. The first kappa shape index (κ1) is 19.0. The zero-order valence-corrected chi connectivity index (χ0v) is 16.8. The topological polar surface area (TPSA) is 49.4 Å². The Hall–Kier alpha value is -3.37. The van der Waals surface area contributed by atoms with Gasteiger partial charge in [-0.2, -0.15) is 0 Å². The zero-order chi connectivity index (χ0) is 20.5. The van der Waals surface area contributed by atoms with Gasteiger partial charge in [-0.1, -0.05) is 65.7 Å². The van der Waals surface area contributed by atoms with Gasteiger partial charge in [-0.3, -0.25) is 9.59 Å². The lowest BCUT2D eigenvalue weighted by Gasteiger charge is -2.18. The molecule has 0 saturated carbocycles. The summed E-state index contributed by atoms with van der Waals surface area (Å²) in [5.41, 5.74) is 4.27. The van der Waals surface area contributed by atoms with Crippen molar-refractivity contribution >= 4 is 40.4 Å². The van der Waals surface area contributed by atoms with Gasteiger partial charge >= 0.3 is 0 Å². The molecule has 0 bridgehead atoms. The van der Waals surface area contributed by atoms with E-state index in [2.05, 4.69) is 5.32 Å². The number of para-hydroxylation sites is 1. The fourth-order valence-corrected chi connectivity index (χ4v) is 3.53. The van der Waals surface area contributed by atoms with Gasteiger partial charge in [-0.25, -0.2) is 4.90 Å². The Kier molecular flexibility index (Phi) is 4.95. The van der Waals surface area contributed by atoms with Crippen LogP contribution in [0.3, 0.4) is 0 Å². The van der Waals surface area contributed by atoms with Crippen LogP contribution in [0.5, 0.6) is 0 Å². The van der Waals surface area contributed by atoms with Crippen molar-refractivity contribution < 1.29 is 9.59 Å². The molecule has 0 aliphatic carbocycles. The van der Waals surface area contributed by atoms with Crippen LogP contribution in [-0.4, -0.2) is 11.8 Å². The third kappa shape index (κ3) is 3.43. The molecule has 1 aliphatic rings. The summed E-state index contributed by atoms with van der Waals surface area (Å²) in [6.07, 6.45) is 0. The lowest BCUT2D eigenvalue weighted by atomic mass is 10.0. The number of halogens is 1.